The van der Waals surface area contributed by atoms with Crippen LogP contribution in [0.4, 0.5) is 15.3 Å². The molecule has 0 aliphatic carbocycles. The third-order valence-corrected chi connectivity index (χ3v) is 5.08. The van der Waals surface area contributed by atoms with Gasteiger partial charge in [-0.3, -0.25) is 9.69 Å². The largest absolute Gasteiger partial charge is 0.465 e. The van der Waals surface area contributed by atoms with E-state index in [1.54, 1.807) is 36.4 Å². The number of carbonyl (C=O) groups excluding carboxylic acids is 2. The highest BCUT2D eigenvalue weighted by Crippen LogP contribution is 2.23. The molecule has 8 nitrogen and oxygen atoms in total. The molecule has 2 heterocycles. The van der Waals surface area contributed by atoms with Crippen LogP contribution < -0.4 is 15.5 Å². The normalized spacial score (nSPS) is 16.1. The van der Waals surface area contributed by atoms with Crippen molar-refractivity contribution in [3.8, 4) is 0 Å². The number of ether oxygens (including phenoxy) is 1. The van der Waals surface area contributed by atoms with Gasteiger partial charge in [-0.25, -0.2) is 9.59 Å². The molecule has 27 heavy (non-hydrogen) atoms. The van der Waals surface area contributed by atoms with Gasteiger partial charge in [0.25, 0.3) is 5.91 Å². The van der Waals surface area contributed by atoms with E-state index in [0.29, 0.717) is 21.4 Å². The molecule has 3 amide bonds. The molecule has 1 aliphatic heterocycles. The number of cyclic esters (lactones) is 1. The van der Waals surface area contributed by atoms with Crippen LogP contribution in [0.25, 0.3) is 0 Å². The van der Waals surface area contributed by atoms with Gasteiger partial charge < -0.3 is 20.5 Å². The van der Waals surface area contributed by atoms with Crippen LogP contribution in [0.15, 0.2) is 36.4 Å². The molecule has 142 valence electrons. The standard InChI is InChI=1S/C17H16ClN3O5S/c18-14-6-5-13(27-14)15(22)19-8-12-9-21(17(25)26-12)11-3-1-10(2-4-11)7-20-16(23)24/h1-6,12,20H,7-9H2,(H,19,22)(H,23,24). The number of carbonyl (C=O) groups is 3. The Balaban J connectivity index is 1.54. The van der Waals surface area contributed by atoms with Crippen LogP contribution >= 0.6 is 22.9 Å². The van der Waals surface area contributed by atoms with Crippen molar-refractivity contribution >= 4 is 46.7 Å². The van der Waals surface area contributed by atoms with Gasteiger partial charge in [-0.05, 0) is 29.8 Å². The maximum absolute atomic E-state index is 12.1. The predicted molar refractivity (Wildman–Crippen MR) is 101 cm³/mol. The van der Waals surface area contributed by atoms with Gasteiger partial charge in [-0.1, -0.05) is 23.7 Å². The number of benzene rings is 1. The number of nitrogens with one attached hydrogen (secondary N) is 2. The van der Waals surface area contributed by atoms with Crippen LogP contribution in [-0.4, -0.2) is 42.4 Å². The number of thiophene rings is 1. The fourth-order valence-electron chi connectivity index (χ4n) is 2.54. The Morgan fingerprint density at radius 2 is 1.96 bits per heavy atom. The summed E-state index contributed by atoms with van der Waals surface area (Å²) in [7, 11) is 0. The third kappa shape index (κ3) is 4.89. The number of hydrogen-bond donors (Lipinski definition) is 3. The third-order valence-electron chi connectivity index (χ3n) is 3.85. The lowest BCUT2D eigenvalue weighted by atomic mass is 10.2. The van der Waals surface area contributed by atoms with Gasteiger partial charge in [-0.2, -0.15) is 0 Å². The molecular weight excluding hydrogens is 394 g/mol. The Bertz CT molecular complexity index is 855. The lowest BCUT2D eigenvalue weighted by Gasteiger charge is -2.13. The minimum absolute atomic E-state index is 0.182. The Hall–Kier alpha value is -2.78. The molecule has 2 aromatic rings. The first kappa shape index (κ1) is 19.0. The molecule has 1 saturated heterocycles. The van der Waals surface area contributed by atoms with Crippen molar-refractivity contribution in [2.75, 3.05) is 18.0 Å². The van der Waals surface area contributed by atoms with Gasteiger partial charge in [-0.15, -0.1) is 11.3 Å². The Labute approximate surface area is 163 Å². The first-order chi connectivity index (χ1) is 12.9. The number of carboxylic acid groups (broad SMARTS) is 1. The van der Waals surface area contributed by atoms with Crippen LogP contribution in [0.3, 0.4) is 0 Å². The van der Waals surface area contributed by atoms with Gasteiger partial charge in [0, 0.05) is 12.2 Å². The summed E-state index contributed by atoms with van der Waals surface area (Å²) in [5, 5.41) is 13.6. The quantitative estimate of drug-likeness (QED) is 0.679. The average molecular weight is 410 g/mol. The predicted octanol–water partition coefficient (Wildman–Crippen LogP) is 2.92. The zero-order valence-electron chi connectivity index (χ0n) is 14.0. The van der Waals surface area contributed by atoms with Crippen molar-refractivity contribution in [1.82, 2.24) is 10.6 Å². The fourth-order valence-corrected chi connectivity index (χ4v) is 3.50. The maximum Gasteiger partial charge on any atom is 0.414 e. The summed E-state index contributed by atoms with van der Waals surface area (Å²) in [5.41, 5.74) is 1.41. The van der Waals surface area contributed by atoms with E-state index in [1.807, 2.05) is 0 Å². The van der Waals surface area contributed by atoms with E-state index in [-0.39, 0.29) is 19.0 Å². The molecule has 1 unspecified atom stereocenters. The second-order valence-corrected chi connectivity index (χ2v) is 7.47. The van der Waals surface area contributed by atoms with E-state index in [1.165, 1.54) is 16.2 Å². The van der Waals surface area contributed by atoms with Crippen LogP contribution in [0.1, 0.15) is 15.2 Å². The zero-order valence-corrected chi connectivity index (χ0v) is 15.5. The summed E-state index contributed by atoms with van der Waals surface area (Å²) in [4.78, 5) is 36.6. The highest BCUT2D eigenvalue weighted by molar-refractivity contribution is 7.17. The van der Waals surface area contributed by atoms with Crippen molar-refractivity contribution in [1.29, 1.82) is 0 Å². The minimum atomic E-state index is -1.10. The van der Waals surface area contributed by atoms with E-state index in [4.69, 9.17) is 21.4 Å². The van der Waals surface area contributed by atoms with Gasteiger partial charge in [0.15, 0.2) is 0 Å². The van der Waals surface area contributed by atoms with E-state index in [9.17, 15) is 14.4 Å². The smallest absolute Gasteiger partial charge is 0.414 e. The molecule has 1 aromatic heterocycles. The van der Waals surface area contributed by atoms with Crippen molar-refractivity contribution < 1.29 is 24.2 Å². The number of nitrogens with zero attached hydrogens (tertiary/aromatic N) is 1. The molecule has 10 heteroatoms. The second kappa shape index (κ2) is 8.28. The first-order valence-corrected chi connectivity index (χ1v) is 9.19. The molecule has 0 radical (unpaired) electrons. The highest BCUT2D eigenvalue weighted by Gasteiger charge is 2.32. The van der Waals surface area contributed by atoms with Gasteiger partial charge in [0.1, 0.15) is 6.10 Å². The number of rotatable bonds is 6. The second-order valence-electron chi connectivity index (χ2n) is 5.76. The van der Waals surface area contributed by atoms with Gasteiger partial charge in [0.05, 0.1) is 22.3 Å². The Kier molecular flexibility index (Phi) is 5.82. The molecule has 0 saturated carbocycles. The van der Waals surface area contributed by atoms with Crippen molar-refractivity contribution in [2.45, 2.75) is 12.6 Å². The summed E-state index contributed by atoms with van der Waals surface area (Å²) in [6.45, 7) is 0.676. The summed E-state index contributed by atoms with van der Waals surface area (Å²) in [6.07, 6.45) is -2.06. The minimum Gasteiger partial charge on any atom is -0.465 e. The summed E-state index contributed by atoms with van der Waals surface area (Å²) in [5.74, 6) is -0.267. The maximum atomic E-state index is 12.1. The first-order valence-electron chi connectivity index (χ1n) is 8.00. The molecule has 0 spiro atoms. The van der Waals surface area contributed by atoms with E-state index in [2.05, 4.69) is 10.6 Å². The van der Waals surface area contributed by atoms with Gasteiger partial charge in [0.2, 0.25) is 0 Å². The number of hydrogen-bond acceptors (Lipinski definition) is 5. The van der Waals surface area contributed by atoms with E-state index in [0.717, 1.165) is 5.56 Å². The Morgan fingerprint density at radius 1 is 1.22 bits per heavy atom. The van der Waals surface area contributed by atoms with Crippen LogP contribution in [0.5, 0.6) is 0 Å². The molecule has 3 N–H and O–H groups in total. The lowest BCUT2D eigenvalue weighted by Crippen LogP contribution is -2.34. The topological polar surface area (TPSA) is 108 Å². The number of anilines is 1. The van der Waals surface area contributed by atoms with Crippen LogP contribution in [0.2, 0.25) is 4.34 Å². The molecule has 0 bridgehead atoms. The lowest BCUT2D eigenvalue weighted by molar-refractivity contribution is 0.0920. The fraction of sp³-hybridized carbons (Fsp3) is 0.235. The van der Waals surface area contributed by atoms with E-state index >= 15 is 0 Å². The summed E-state index contributed by atoms with van der Waals surface area (Å²) < 4.78 is 5.82. The molecular formula is C17H16ClN3O5S. The SMILES string of the molecule is O=C(O)NCc1ccc(N2CC(CNC(=O)c3ccc(Cl)s3)OC2=O)cc1. The van der Waals surface area contributed by atoms with E-state index < -0.39 is 18.3 Å². The van der Waals surface area contributed by atoms with Gasteiger partial charge >= 0.3 is 12.2 Å². The number of amides is 3. The summed E-state index contributed by atoms with van der Waals surface area (Å²) >= 11 is 6.99. The monoisotopic (exact) mass is 409 g/mol. The number of halogens is 1. The molecule has 1 aromatic carbocycles. The highest BCUT2D eigenvalue weighted by atomic mass is 35.5. The van der Waals surface area contributed by atoms with Crippen molar-refractivity contribution in [3.05, 3.63) is 51.2 Å². The molecule has 1 atom stereocenters. The van der Waals surface area contributed by atoms with Crippen LogP contribution in [-0.2, 0) is 11.3 Å². The average Bonchev–Trinajstić information content (AvgIpc) is 3.24. The van der Waals surface area contributed by atoms with Crippen LogP contribution in [0, 0.1) is 0 Å². The summed E-state index contributed by atoms with van der Waals surface area (Å²) in [6, 6.07) is 10.2. The van der Waals surface area contributed by atoms with Crippen molar-refractivity contribution in [2.24, 2.45) is 0 Å². The molecule has 1 fully saturated rings. The zero-order chi connectivity index (χ0) is 19.4. The molecule has 1 aliphatic rings. The van der Waals surface area contributed by atoms with Crippen molar-refractivity contribution in [3.63, 3.8) is 0 Å². The molecule has 3 rings (SSSR count). The Morgan fingerprint density at radius 3 is 2.59 bits per heavy atom.